The fourth-order valence-corrected chi connectivity index (χ4v) is 0.906. The van der Waals surface area contributed by atoms with E-state index >= 15 is 0 Å². The van der Waals surface area contributed by atoms with E-state index in [0.717, 1.165) is 11.5 Å². The Morgan fingerprint density at radius 3 is 3.00 bits per heavy atom. The zero-order valence-electron chi connectivity index (χ0n) is 6.63. The predicted molar refractivity (Wildman–Crippen MR) is 42.0 cm³/mol. The molecule has 1 rings (SSSR count). The van der Waals surface area contributed by atoms with E-state index in [4.69, 9.17) is 5.26 Å². The largest absolute Gasteiger partial charge is 0.357 e. The first-order valence-corrected chi connectivity index (χ1v) is 3.35. The maximum Gasteiger partial charge on any atom is 0.124 e. The summed E-state index contributed by atoms with van der Waals surface area (Å²) >= 11 is 0. The van der Waals surface area contributed by atoms with Crippen molar-refractivity contribution >= 4 is 5.82 Å². The van der Waals surface area contributed by atoms with Crippen LogP contribution in [0.25, 0.3) is 0 Å². The van der Waals surface area contributed by atoms with Gasteiger partial charge >= 0.3 is 0 Å². The van der Waals surface area contributed by atoms with E-state index in [1.165, 1.54) is 0 Å². The van der Waals surface area contributed by atoms with Crippen molar-refractivity contribution in [3.05, 3.63) is 11.8 Å². The third kappa shape index (κ3) is 1.71. The zero-order chi connectivity index (χ0) is 8.27. The average Bonchev–Trinajstić information content (AvgIpc) is 2.26. The molecule has 1 aromatic rings. The van der Waals surface area contributed by atoms with Crippen molar-refractivity contribution in [1.82, 2.24) is 9.78 Å². The van der Waals surface area contributed by atoms with Crippen molar-refractivity contribution in [1.29, 1.82) is 5.26 Å². The fraction of sp³-hybridized carbons (Fsp3) is 0.429. The SMILES string of the molecule is Cc1cc(NCC#N)n(C)n1. The first-order chi connectivity index (χ1) is 5.24. The van der Waals surface area contributed by atoms with Crippen molar-refractivity contribution in [2.75, 3.05) is 11.9 Å². The molecule has 58 valence electrons. The highest BCUT2D eigenvalue weighted by atomic mass is 15.3. The summed E-state index contributed by atoms with van der Waals surface area (Å²) in [6, 6.07) is 3.90. The molecule has 0 saturated carbocycles. The van der Waals surface area contributed by atoms with Gasteiger partial charge in [0.05, 0.1) is 11.8 Å². The van der Waals surface area contributed by atoms with Gasteiger partial charge in [0.25, 0.3) is 0 Å². The molecule has 0 aliphatic carbocycles. The van der Waals surface area contributed by atoms with Crippen molar-refractivity contribution in [2.45, 2.75) is 6.92 Å². The molecule has 0 aromatic carbocycles. The van der Waals surface area contributed by atoms with Gasteiger partial charge in [0.15, 0.2) is 0 Å². The number of hydrogen-bond acceptors (Lipinski definition) is 3. The minimum atomic E-state index is 0.318. The van der Waals surface area contributed by atoms with Crippen LogP contribution in [-0.4, -0.2) is 16.3 Å². The second-order valence-electron chi connectivity index (χ2n) is 2.31. The number of nitrogens with one attached hydrogen (secondary N) is 1. The number of aryl methyl sites for hydroxylation is 2. The molecular weight excluding hydrogens is 140 g/mol. The Morgan fingerprint density at radius 2 is 2.55 bits per heavy atom. The fourth-order valence-electron chi connectivity index (χ4n) is 0.906. The lowest BCUT2D eigenvalue weighted by atomic mass is 10.5. The smallest absolute Gasteiger partial charge is 0.124 e. The van der Waals surface area contributed by atoms with Crippen LogP contribution in [0.3, 0.4) is 0 Å². The Kier molecular flexibility index (Phi) is 2.12. The summed E-state index contributed by atoms with van der Waals surface area (Å²) in [5.41, 5.74) is 0.952. The summed E-state index contributed by atoms with van der Waals surface area (Å²) in [4.78, 5) is 0. The maximum absolute atomic E-state index is 8.28. The van der Waals surface area contributed by atoms with Gasteiger partial charge in [-0.25, -0.2) is 0 Å². The molecule has 4 nitrogen and oxygen atoms in total. The van der Waals surface area contributed by atoms with Gasteiger partial charge in [-0.2, -0.15) is 10.4 Å². The van der Waals surface area contributed by atoms with Gasteiger partial charge in [-0.1, -0.05) is 0 Å². The molecule has 0 spiro atoms. The van der Waals surface area contributed by atoms with Gasteiger partial charge in [0, 0.05) is 13.1 Å². The molecule has 0 amide bonds. The quantitative estimate of drug-likeness (QED) is 0.630. The molecule has 1 N–H and O–H groups in total. The Morgan fingerprint density at radius 1 is 1.82 bits per heavy atom. The maximum atomic E-state index is 8.28. The molecule has 0 atom stereocenters. The summed E-state index contributed by atoms with van der Waals surface area (Å²) in [7, 11) is 1.84. The molecule has 0 unspecified atom stereocenters. The Labute approximate surface area is 65.4 Å². The van der Waals surface area contributed by atoms with Gasteiger partial charge < -0.3 is 5.32 Å². The Balaban J connectivity index is 2.71. The number of rotatable bonds is 2. The summed E-state index contributed by atoms with van der Waals surface area (Å²) in [6.45, 7) is 2.23. The number of hydrogen-bond donors (Lipinski definition) is 1. The summed E-state index contributed by atoms with van der Waals surface area (Å²) in [5, 5.41) is 15.3. The lowest BCUT2D eigenvalue weighted by molar-refractivity contribution is 0.761. The van der Waals surface area contributed by atoms with Crippen LogP contribution in [0, 0.1) is 18.3 Å². The van der Waals surface area contributed by atoms with Crippen molar-refractivity contribution in [2.24, 2.45) is 7.05 Å². The molecule has 1 aromatic heterocycles. The number of nitriles is 1. The van der Waals surface area contributed by atoms with E-state index in [2.05, 4.69) is 10.4 Å². The first kappa shape index (κ1) is 7.61. The molecule has 11 heavy (non-hydrogen) atoms. The van der Waals surface area contributed by atoms with Gasteiger partial charge in [0.2, 0.25) is 0 Å². The van der Waals surface area contributed by atoms with E-state index in [0.29, 0.717) is 6.54 Å². The molecule has 1 heterocycles. The van der Waals surface area contributed by atoms with Gasteiger partial charge in [-0.15, -0.1) is 0 Å². The van der Waals surface area contributed by atoms with E-state index in [1.807, 2.05) is 26.1 Å². The molecular formula is C7H10N4. The molecule has 0 bridgehead atoms. The molecule has 4 heteroatoms. The third-order valence-electron chi connectivity index (χ3n) is 1.35. The first-order valence-electron chi connectivity index (χ1n) is 3.35. The van der Waals surface area contributed by atoms with Crippen LogP contribution >= 0.6 is 0 Å². The van der Waals surface area contributed by atoms with Crippen LogP contribution in [0.4, 0.5) is 5.82 Å². The lowest BCUT2D eigenvalue weighted by Crippen LogP contribution is -2.03. The third-order valence-corrected chi connectivity index (χ3v) is 1.35. The highest BCUT2D eigenvalue weighted by Gasteiger charge is 1.98. The minimum Gasteiger partial charge on any atom is -0.357 e. The molecule has 0 fully saturated rings. The average molecular weight is 150 g/mol. The minimum absolute atomic E-state index is 0.318. The number of aromatic nitrogens is 2. The van der Waals surface area contributed by atoms with Gasteiger partial charge in [0.1, 0.15) is 12.4 Å². The lowest BCUT2D eigenvalue weighted by Gasteiger charge is -1.99. The van der Waals surface area contributed by atoms with E-state index in [9.17, 15) is 0 Å². The number of anilines is 1. The molecule has 0 radical (unpaired) electrons. The summed E-state index contributed by atoms with van der Waals surface area (Å²) in [5.74, 6) is 0.879. The molecule has 0 aliphatic rings. The second-order valence-corrected chi connectivity index (χ2v) is 2.31. The Bertz CT molecular complexity index is 281. The summed E-state index contributed by atoms with van der Waals surface area (Å²) in [6.07, 6.45) is 0. The van der Waals surface area contributed by atoms with Crippen molar-refractivity contribution in [3.63, 3.8) is 0 Å². The summed E-state index contributed by atoms with van der Waals surface area (Å²) < 4.78 is 1.71. The van der Waals surface area contributed by atoms with E-state index < -0.39 is 0 Å². The highest BCUT2D eigenvalue weighted by Crippen LogP contribution is 2.06. The second kappa shape index (κ2) is 3.06. The van der Waals surface area contributed by atoms with Crippen LogP contribution in [0.5, 0.6) is 0 Å². The topological polar surface area (TPSA) is 53.6 Å². The van der Waals surface area contributed by atoms with E-state index in [-0.39, 0.29) is 0 Å². The van der Waals surface area contributed by atoms with Crippen LogP contribution in [-0.2, 0) is 7.05 Å². The van der Waals surface area contributed by atoms with Crippen molar-refractivity contribution in [3.8, 4) is 6.07 Å². The van der Waals surface area contributed by atoms with Gasteiger partial charge in [-0.05, 0) is 6.92 Å². The van der Waals surface area contributed by atoms with Crippen LogP contribution in [0.2, 0.25) is 0 Å². The molecule has 0 aliphatic heterocycles. The number of nitrogens with zero attached hydrogens (tertiary/aromatic N) is 3. The molecule has 0 saturated heterocycles. The van der Waals surface area contributed by atoms with Crippen LogP contribution < -0.4 is 5.32 Å². The highest BCUT2D eigenvalue weighted by molar-refractivity contribution is 5.37. The Hall–Kier alpha value is -1.50. The monoisotopic (exact) mass is 150 g/mol. The van der Waals surface area contributed by atoms with Crippen molar-refractivity contribution < 1.29 is 0 Å². The van der Waals surface area contributed by atoms with Crippen LogP contribution in [0.15, 0.2) is 6.07 Å². The zero-order valence-corrected chi connectivity index (χ0v) is 6.63. The van der Waals surface area contributed by atoms with Crippen LogP contribution in [0.1, 0.15) is 5.69 Å². The van der Waals surface area contributed by atoms with E-state index in [1.54, 1.807) is 4.68 Å². The van der Waals surface area contributed by atoms with Gasteiger partial charge in [-0.3, -0.25) is 4.68 Å². The standard InChI is InChI=1S/C7H10N4/c1-6-5-7(9-4-3-8)11(2)10-6/h5,9H,4H2,1-2H3. The predicted octanol–water partition coefficient (Wildman–Crippen LogP) is 0.664. The normalized spacial score (nSPS) is 9.18.